The predicted octanol–water partition coefficient (Wildman–Crippen LogP) is 3.11. The third kappa shape index (κ3) is 5.37. The smallest absolute Gasteiger partial charge is 0.251 e. The summed E-state index contributed by atoms with van der Waals surface area (Å²) in [5, 5.41) is 8.66. The summed E-state index contributed by atoms with van der Waals surface area (Å²) in [7, 11) is 0. The van der Waals surface area contributed by atoms with Crippen LogP contribution in [0, 0.1) is 0 Å². The Hall–Kier alpha value is -3.74. The number of benzene rings is 2. The molecule has 2 aromatic carbocycles. The second kappa shape index (κ2) is 8.57. The summed E-state index contributed by atoms with van der Waals surface area (Å²) >= 11 is 0. The van der Waals surface area contributed by atoms with Crippen molar-refractivity contribution in [1.29, 1.82) is 0 Å². The van der Waals surface area contributed by atoms with Crippen LogP contribution in [-0.2, 0) is 11.3 Å². The number of aromatic nitrogens is 2. The lowest BCUT2D eigenvalue weighted by Gasteiger charge is -2.09. The van der Waals surface area contributed by atoms with Crippen molar-refractivity contribution in [3.05, 3.63) is 78.1 Å². The van der Waals surface area contributed by atoms with Gasteiger partial charge in [0.2, 0.25) is 11.9 Å². The number of hydrogen-bond acceptors (Lipinski definition) is 5. The molecule has 0 saturated heterocycles. The van der Waals surface area contributed by atoms with Crippen molar-refractivity contribution >= 4 is 29.1 Å². The fourth-order valence-electron chi connectivity index (χ4n) is 2.48. The Balaban J connectivity index is 1.63. The van der Waals surface area contributed by atoms with Crippen LogP contribution in [0.1, 0.15) is 22.8 Å². The van der Waals surface area contributed by atoms with E-state index in [9.17, 15) is 9.59 Å². The molecule has 0 saturated carbocycles. The Labute approximate surface area is 156 Å². The van der Waals surface area contributed by atoms with Crippen LogP contribution >= 0.6 is 0 Å². The lowest BCUT2D eigenvalue weighted by atomic mass is 10.1. The molecule has 3 aromatic rings. The molecule has 1 heterocycles. The Bertz CT molecular complexity index is 944. The van der Waals surface area contributed by atoms with Gasteiger partial charge in [0.05, 0.1) is 0 Å². The summed E-state index contributed by atoms with van der Waals surface area (Å²) in [5.41, 5.74) is 2.83. The van der Waals surface area contributed by atoms with Gasteiger partial charge in [0.15, 0.2) is 0 Å². The third-order valence-corrected chi connectivity index (χ3v) is 3.65. The Morgan fingerprint density at radius 2 is 1.67 bits per heavy atom. The zero-order valence-corrected chi connectivity index (χ0v) is 14.8. The van der Waals surface area contributed by atoms with Crippen LogP contribution < -0.4 is 16.0 Å². The van der Waals surface area contributed by atoms with E-state index in [1.165, 1.54) is 6.92 Å². The van der Waals surface area contributed by atoms with Crippen molar-refractivity contribution in [3.63, 3.8) is 0 Å². The van der Waals surface area contributed by atoms with Gasteiger partial charge >= 0.3 is 0 Å². The van der Waals surface area contributed by atoms with Crippen LogP contribution in [0.15, 0.2) is 67.0 Å². The normalized spacial score (nSPS) is 10.1. The molecule has 0 spiro atoms. The second-order valence-electron chi connectivity index (χ2n) is 5.84. The number of anilines is 3. The van der Waals surface area contributed by atoms with E-state index in [1.807, 2.05) is 24.3 Å². The molecule has 1 aromatic heterocycles. The highest BCUT2D eigenvalue weighted by Gasteiger charge is 2.07. The van der Waals surface area contributed by atoms with Crippen molar-refractivity contribution in [2.45, 2.75) is 13.5 Å². The van der Waals surface area contributed by atoms with E-state index in [4.69, 9.17) is 0 Å². The van der Waals surface area contributed by atoms with Gasteiger partial charge in [-0.15, -0.1) is 0 Å². The minimum absolute atomic E-state index is 0.136. The molecule has 2 amide bonds. The minimum Gasteiger partial charge on any atom is -0.348 e. The maximum absolute atomic E-state index is 12.4. The maximum Gasteiger partial charge on any atom is 0.251 e. The molecular weight excluding hydrogens is 342 g/mol. The average molecular weight is 361 g/mol. The van der Waals surface area contributed by atoms with Crippen LogP contribution in [-0.4, -0.2) is 21.8 Å². The standard InChI is InChI=1S/C20H19N5O2/c1-14(26)24-17-7-2-5-15(11-17)13-23-19(27)16-6-3-8-18(12-16)25-20-21-9-4-10-22-20/h2-12H,13H2,1H3,(H,23,27)(H,24,26)(H,21,22,25). The molecule has 7 nitrogen and oxygen atoms in total. The lowest BCUT2D eigenvalue weighted by molar-refractivity contribution is -0.114. The van der Waals surface area contributed by atoms with Gasteiger partial charge in [0.1, 0.15) is 0 Å². The highest BCUT2D eigenvalue weighted by molar-refractivity contribution is 5.95. The molecular formula is C20H19N5O2. The number of carbonyl (C=O) groups excluding carboxylic acids is 2. The summed E-state index contributed by atoms with van der Waals surface area (Å²) in [6.45, 7) is 1.81. The van der Waals surface area contributed by atoms with Gasteiger partial charge in [-0.3, -0.25) is 9.59 Å². The highest BCUT2D eigenvalue weighted by Crippen LogP contribution is 2.15. The number of hydrogen-bond donors (Lipinski definition) is 3. The van der Waals surface area contributed by atoms with Crippen molar-refractivity contribution in [3.8, 4) is 0 Å². The Morgan fingerprint density at radius 3 is 2.44 bits per heavy atom. The van der Waals surface area contributed by atoms with Gasteiger partial charge < -0.3 is 16.0 Å². The largest absolute Gasteiger partial charge is 0.348 e. The van der Waals surface area contributed by atoms with E-state index in [0.717, 1.165) is 11.3 Å². The maximum atomic E-state index is 12.4. The molecule has 0 bridgehead atoms. The monoisotopic (exact) mass is 361 g/mol. The van der Waals surface area contributed by atoms with E-state index in [0.29, 0.717) is 23.7 Å². The molecule has 0 atom stereocenters. The topological polar surface area (TPSA) is 96.0 Å². The van der Waals surface area contributed by atoms with Crippen molar-refractivity contribution in [1.82, 2.24) is 15.3 Å². The molecule has 3 rings (SSSR count). The van der Waals surface area contributed by atoms with Crippen molar-refractivity contribution < 1.29 is 9.59 Å². The molecule has 0 fully saturated rings. The molecule has 0 aliphatic carbocycles. The van der Waals surface area contributed by atoms with Crippen molar-refractivity contribution in [2.24, 2.45) is 0 Å². The van der Waals surface area contributed by atoms with E-state index >= 15 is 0 Å². The van der Waals surface area contributed by atoms with Crippen LogP contribution in [0.2, 0.25) is 0 Å². The van der Waals surface area contributed by atoms with Gasteiger partial charge in [0, 0.05) is 42.8 Å². The van der Waals surface area contributed by atoms with Gasteiger partial charge in [-0.2, -0.15) is 0 Å². The number of carbonyl (C=O) groups is 2. The molecule has 0 radical (unpaired) electrons. The summed E-state index contributed by atoms with van der Waals surface area (Å²) in [4.78, 5) is 31.8. The van der Waals surface area contributed by atoms with Crippen LogP contribution in [0.5, 0.6) is 0 Å². The molecule has 0 aliphatic heterocycles. The Kier molecular flexibility index (Phi) is 5.73. The van der Waals surface area contributed by atoms with Gasteiger partial charge in [-0.05, 0) is 42.0 Å². The van der Waals surface area contributed by atoms with Gasteiger partial charge in [-0.25, -0.2) is 9.97 Å². The number of amides is 2. The Morgan fingerprint density at radius 1 is 0.926 bits per heavy atom. The summed E-state index contributed by atoms with van der Waals surface area (Å²) in [5.74, 6) is 0.130. The van der Waals surface area contributed by atoms with E-state index in [2.05, 4.69) is 25.9 Å². The predicted molar refractivity (Wildman–Crippen MR) is 104 cm³/mol. The molecule has 7 heteroatoms. The molecule has 27 heavy (non-hydrogen) atoms. The summed E-state index contributed by atoms with van der Waals surface area (Å²) < 4.78 is 0. The fourth-order valence-corrected chi connectivity index (χ4v) is 2.48. The average Bonchev–Trinajstić information content (AvgIpc) is 2.67. The summed E-state index contributed by atoms with van der Waals surface area (Å²) in [6.07, 6.45) is 3.28. The lowest BCUT2D eigenvalue weighted by Crippen LogP contribution is -2.22. The third-order valence-electron chi connectivity index (χ3n) is 3.65. The molecule has 136 valence electrons. The van der Waals surface area contributed by atoms with Gasteiger partial charge in [0.25, 0.3) is 5.91 Å². The van der Waals surface area contributed by atoms with Crippen molar-refractivity contribution in [2.75, 3.05) is 10.6 Å². The fraction of sp³-hybridized carbons (Fsp3) is 0.100. The number of nitrogens with one attached hydrogen (secondary N) is 3. The van der Waals surface area contributed by atoms with Crippen LogP contribution in [0.4, 0.5) is 17.3 Å². The van der Waals surface area contributed by atoms with E-state index < -0.39 is 0 Å². The van der Waals surface area contributed by atoms with Crippen LogP contribution in [0.3, 0.4) is 0 Å². The van der Waals surface area contributed by atoms with Crippen LogP contribution in [0.25, 0.3) is 0 Å². The first-order chi connectivity index (χ1) is 13.1. The zero-order valence-electron chi connectivity index (χ0n) is 14.8. The first-order valence-electron chi connectivity index (χ1n) is 8.39. The first-order valence-corrected chi connectivity index (χ1v) is 8.39. The SMILES string of the molecule is CC(=O)Nc1cccc(CNC(=O)c2cccc(Nc3ncccn3)c2)c1. The zero-order chi connectivity index (χ0) is 19.1. The van der Waals surface area contributed by atoms with Gasteiger partial charge in [-0.1, -0.05) is 18.2 Å². The second-order valence-corrected chi connectivity index (χ2v) is 5.84. The minimum atomic E-state index is -0.197. The quantitative estimate of drug-likeness (QED) is 0.627. The number of rotatable bonds is 6. The molecule has 3 N–H and O–H groups in total. The molecule has 0 aliphatic rings. The first kappa shape index (κ1) is 18.1. The highest BCUT2D eigenvalue weighted by atomic mass is 16.2. The molecule has 0 unspecified atom stereocenters. The van der Waals surface area contributed by atoms with E-state index in [-0.39, 0.29) is 11.8 Å². The van der Waals surface area contributed by atoms with E-state index in [1.54, 1.807) is 42.7 Å². The summed E-state index contributed by atoms with van der Waals surface area (Å²) in [6, 6.07) is 16.2. The number of nitrogens with zero attached hydrogens (tertiary/aromatic N) is 2.